The lowest BCUT2D eigenvalue weighted by Gasteiger charge is -2.51. The largest absolute Gasteiger partial charge is 0.310 e. The number of para-hydroxylation sites is 1. The van der Waals surface area contributed by atoms with Crippen molar-refractivity contribution in [1.82, 2.24) is 0 Å². The third-order valence-electron chi connectivity index (χ3n) is 16.5. The Labute approximate surface area is 382 Å². The van der Waals surface area contributed by atoms with Gasteiger partial charge in [-0.1, -0.05) is 166 Å². The predicted molar refractivity (Wildman–Crippen MR) is 271 cm³/mol. The fourth-order valence-electron chi connectivity index (χ4n) is 14.3. The molecule has 1 heterocycles. The molecule has 0 amide bonds. The predicted octanol–water partition coefficient (Wildman–Crippen LogP) is 17.3. The SMILES string of the molecule is CC1C[C@@H]2CC3C[C@H](C1)C21c2cc(N(c4ccc(-c5ccccc5-c5cccc6sc7ccccc7c56)cc4)c4ccccc4-c4ccccc4)ccc2C(C)(C)c2ccccc2C31. The minimum absolute atomic E-state index is 0.106. The van der Waals surface area contributed by atoms with Crippen molar-refractivity contribution in [3.63, 3.8) is 0 Å². The lowest BCUT2D eigenvalue weighted by atomic mass is 9.53. The van der Waals surface area contributed by atoms with Crippen LogP contribution in [0.5, 0.6) is 0 Å². The van der Waals surface area contributed by atoms with Gasteiger partial charge in [0.05, 0.1) is 5.69 Å². The van der Waals surface area contributed by atoms with Crippen LogP contribution in [0.4, 0.5) is 17.1 Å². The van der Waals surface area contributed by atoms with E-state index < -0.39 is 0 Å². The first kappa shape index (κ1) is 38.3. The van der Waals surface area contributed by atoms with Gasteiger partial charge in [-0.25, -0.2) is 0 Å². The van der Waals surface area contributed by atoms with Gasteiger partial charge in [-0.05, 0) is 148 Å². The molecule has 0 aliphatic heterocycles. The van der Waals surface area contributed by atoms with E-state index in [2.05, 4.69) is 214 Å². The number of nitrogens with zero attached hydrogens (tertiary/aromatic N) is 1. The molecule has 4 aliphatic rings. The number of fused-ring (bicyclic) bond motifs is 5. The molecule has 4 unspecified atom stereocenters. The lowest BCUT2D eigenvalue weighted by molar-refractivity contribution is 0.0822. The molecule has 0 saturated heterocycles. The van der Waals surface area contributed by atoms with E-state index in [1.165, 1.54) is 102 Å². The van der Waals surface area contributed by atoms with Gasteiger partial charge in [0.15, 0.2) is 0 Å². The van der Waals surface area contributed by atoms with Gasteiger partial charge in [0.2, 0.25) is 0 Å². The number of hydrogen-bond donors (Lipinski definition) is 0. The van der Waals surface area contributed by atoms with E-state index in [0.717, 1.165) is 11.8 Å². The number of anilines is 3. The van der Waals surface area contributed by atoms with Crippen molar-refractivity contribution < 1.29 is 0 Å². The van der Waals surface area contributed by atoms with Crippen LogP contribution < -0.4 is 4.90 Å². The van der Waals surface area contributed by atoms with Crippen molar-refractivity contribution in [2.24, 2.45) is 23.7 Å². The van der Waals surface area contributed by atoms with E-state index in [0.29, 0.717) is 17.8 Å². The molecule has 312 valence electrons. The Kier molecular flexibility index (Phi) is 8.61. The third-order valence-corrected chi connectivity index (χ3v) is 17.7. The molecule has 64 heavy (non-hydrogen) atoms. The van der Waals surface area contributed by atoms with Crippen molar-refractivity contribution in [1.29, 1.82) is 0 Å². The van der Waals surface area contributed by atoms with Crippen molar-refractivity contribution >= 4 is 48.6 Å². The third kappa shape index (κ3) is 5.48. The van der Waals surface area contributed by atoms with Crippen LogP contribution in [0.2, 0.25) is 0 Å². The molecule has 3 fully saturated rings. The summed E-state index contributed by atoms with van der Waals surface area (Å²) in [4.78, 5) is 2.58. The molecule has 9 aromatic rings. The summed E-state index contributed by atoms with van der Waals surface area (Å²) in [7, 11) is 0. The Hall–Kier alpha value is -6.22. The summed E-state index contributed by atoms with van der Waals surface area (Å²) in [5, 5.41) is 2.68. The highest BCUT2D eigenvalue weighted by molar-refractivity contribution is 7.25. The highest BCUT2D eigenvalue weighted by Crippen LogP contribution is 2.75. The molecule has 4 aliphatic carbocycles. The molecule has 13 rings (SSSR count). The average molecular weight is 844 g/mol. The summed E-state index contributed by atoms with van der Waals surface area (Å²) < 4.78 is 2.67. The zero-order valence-corrected chi connectivity index (χ0v) is 37.8. The quantitative estimate of drug-likeness (QED) is 0.161. The van der Waals surface area contributed by atoms with Crippen LogP contribution >= 0.6 is 11.3 Å². The van der Waals surface area contributed by atoms with Gasteiger partial charge >= 0.3 is 0 Å². The fourth-order valence-corrected chi connectivity index (χ4v) is 15.4. The zero-order chi connectivity index (χ0) is 42.7. The highest BCUT2D eigenvalue weighted by Gasteiger charge is 2.68. The first-order valence-corrected chi connectivity index (χ1v) is 24.5. The first-order valence-electron chi connectivity index (χ1n) is 23.7. The van der Waals surface area contributed by atoms with Crippen LogP contribution in [0.15, 0.2) is 188 Å². The standard InChI is InChI=1S/C62H53NS/c1-39-34-43-36-42-37-44(35-39)62(43)55-38-46(32-33-54(55)61(2,3)53-24-12-9-21-51(53)60(42)62)63(56-25-13-10-19-48(56)40-16-5-4-6-17-40)45-30-28-41(29-31-45)47-18-7-8-20-49(47)50-23-15-27-58-59(50)52-22-11-14-26-57(52)64-58/h4-33,38-39,42-44,60H,34-37H2,1-3H3/t39?,42?,43-,44+,60?,62?. The zero-order valence-electron chi connectivity index (χ0n) is 37.0. The highest BCUT2D eigenvalue weighted by atomic mass is 32.1. The normalized spacial score (nSPS) is 23.6. The molecular weight excluding hydrogens is 791 g/mol. The number of benzene rings is 8. The maximum absolute atomic E-state index is 2.70. The van der Waals surface area contributed by atoms with Crippen molar-refractivity contribution in [2.45, 2.75) is 63.2 Å². The second kappa shape index (κ2) is 14.4. The maximum Gasteiger partial charge on any atom is 0.0540 e. The maximum atomic E-state index is 2.70. The van der Waals surface area contributed by atoms with Crippen molar-refractivity contribution in [3.8, 4) is 33.4 Å². The molecule has 1 nitrogen and oxygen atoms in total. The molecule has 1 spiro atoms. The molecule has 0 radical (unpaired) electrons. The molecule has 2 heteroatoms. The van der Waals surface area contributed by atoms with Crippen LogP contribution in [0.25, 0.3) is 53.6 Å². The molecule has 8 aromatic carbocycles. The minimum Gasteiger partial charge on any atom is -0.310 e. The van der Waals surface area contributed by atoms with E-state index in [4.69, 9.17) is 0 Å². The Bertz CT molecular complexity index is 3250. The van der Waals surface area contributed by atoms with Gasteiger partial charge in [-0.3, -0.25) is 0 Å². The molecule has 3 saturated carbocycles. The van der Waals surface area contributed by atoms with E-state index >= 15 is 0 Å². The Morgan fingerprint density at radius 3 is 1.92 bits per heavy atom. The van der Waals surface area contributed by atoms with Crippen LogP contribution in [0.1, 0.15) is 74.6 Å². The Morgan fingerprint density at radius 1 is 0.484 bits per heavy atom. The first-order chi connectivity index (χ1) is 31.4. The molecule has 1 aromatic heterocycles. The van der Waals surface area contributed by atoms with Crippen LogP contribution in [0.3, 0.4) is 0 Å². The molecule has 2 bridgehead atoms. The molecule has 6 atom stereocenters. The topological polar surface area (TPSA) is 3.24 Å². The van der Waals surface area contributed by atoms with Crippen LogP contribution in [-0.4, -0.2) is 0 Å². The average Bonchev–Trinajstić information content (AvgIpc) is 3.97. The van der Waals surface area contributed by atoms with Gasteiger partial charge in [0, 0.05) is 47.9 Å². The molecule has 0 N–H and O–H groups in total. The summed E-state index contributed by atoms with van der Waals surface area (Å²) in [5.41, 5.74) is 17.5. The number of thiophene rings is 1. The van der Waals surface area contributed by atoms with Gasteiger partial charge in [-0.2, -0.15) is 0 Å². The van der Waals surface area contributed by atoms with E-state index in [1.54, 1.807) is 16.7 Å². The summed E-state index contributed by atoms with van der Waals surface area (Å²) in [6.07, 6.45) is 5.42. The van der Waals surface area contributed by atoms with Crippen LogP contribution in [-0.2, 0) is 10.8 Å². The van der Waals surface area contributed by atoms with Crippen molar-refractivity contribution in [2.75, 3.05) is 4.90 Å². The monoisotopic (exact) mass is 843 g/mol. The number of rotatable bonds is 6. The van der Waals surface area contributed by atoms with Crippen LogP contribution in [0, 0.1) is 23.7 Å². The molecular formula is C62H53NS. The summed E-state index contributed by atoms with van der Waals surface area (Å²) in [5.74, 6) is 3.54. The van der Waals surface area contributed by atoms with Gasteiger partial charge in [0.25, 0.3) is 0 Å². The number of hydrogen-bond acceptors (Lipinski definition) is 2. The van der Waals surface area contributed by atoms with E-state index in [9.17, 15) is 0 Å². The van der Waals surface area contributed by atoms with E-state index in [1.807, 2.05) is 11.3 Å². The summed E-state index contributed by atoms with van der Waals surface area (Å²) >= 11 is 1.89. The fraction of sp³-hybridized carbons (Fsp3) is 0.226. The Morgan fingerprint density at radius 2 is 1.11 bits per heavy atom. The summed E-state index contributed by atoms with van der Waals surface area (Å²) in [6, 6.07) is 71.5. The van der Waals surface area contributed by atoms with Gasteiger partial charge in [0.1, 0.15) is 0 Å². The second-order valence-corrected chi connectivity index (χ2v) is 21.2. The van der Waals surface area contributed by atoms with Gasteiger partial charge in [-0.15, -0.1) is 11.3 Å². The summed E-state index contributed by atoms with van der Waals surface area (Å²) in [6.45, 7) is 7.55. The smallest absolute Gasteiger partial charge is 0.0540 e. The Balaban J connectivity index is 1.00. The van der Waals surface area contributed by atoms with E-state index in [-0.39, 0.29) is 10.8 Å². The van der Waals surface area contributed by atoms with Gasteiger partial charge < -0.3 is 4.90 Å². The lowest BCUT2D eigenvalue weighted by Crippen LogP contribution is -2.46. The van der Waals surface area contributed by atoms with Crippen molar-refractivity contribution in [3.05, 3.63) is 210 Å². The minimum atomic E-state index is -0.106. The second-order valence-electron chi connectivity index (χ2n) is 20.1.